The van der Waals surface area contributed by atoms with Crippen molar-refractivity contribution in [3.05, 3.63) is 29.8 Å². The van der Waals surface area contributed by atoms with Gasteiger partial charge in [-0.1, -0.05) is 26.0 Å². The van der Waals surface area contributed by atoms with Crippen molar-refractivity contribution in [2.45, 2.75) is 20.3 Å². The molecule has 0 unspecified atom stereocenters. The zero-order chi connectivity index (χ0) is 14.4. The first kappa shape index (κ1) is 15.3. The van der Waals surface area contributed by atoms with Gasteiger partial charge in [0.25, 0.3) is 0 Å². The third-order valence-electron chi connectivity index (χ3n) is 3.84. The van der Waals surface area contributed by atoms with Crippen LogP contribution in [0.1, 0.15) is 19.4 Å². The largest absolute Gasteiger partial charge is 0.492 e. The van der Waals surface area contributed by atoms with Crippen LogP contribution in [0.2, 0.25) is 0 Å². The van der Waals surface area contributed by atoms with Gasteiger partial charge in [0.05, 0.1) is 0 Å². The lowest BCUT2D eigenvalue weighted by molar-refractivity contribution is 0.133. The van der Waals surface area contributed by atoms with Gasteiger partial charge in [-0.2, -0.15) is 0 Å². The second kappa shape index (κ2) is 7.65. The van der Waals surface area contributed by atoms with Crippen molar-refractivity contribution in [3.63, 3.8) is 0 Å². The smallest absolute Gasteiger partial charge is 0.119 e. The van der Waals surface area contributed by atoms with E-state index in [0.29, 0.717) is 5.92 Å². The van der Waals surface area contributed by atoms with Gasteiger partial charge < -0.3 is 9.64 Å². The number of hydrogen-bond donors (Lipinski definition) is 0. The summed E-state index contributed by atoms with van der Waals surface area (Å²) in [5.74, 6) is 1.70. The van der Waals surface area contributed by atoms with Gasteiger partial charge in [0.15, 0.2) is 0 Å². The van der Waals surface area contributed by atoms with Gasteiger partial charge in [0.1, 0.15) is 12.4 Å². The van der Waals surface area contributed by atoms with E-state index in [2.05, 4.69) is 55.0 Å². The average Bonchev–Trinajstić information content (AvgIpc) is 2.42. The van der Waals surface area contributed by atoms with E-state index in [1.165, 1.54) is 18.7 Å². The predicted octanol–water partition coefficient (Wildman–Crippen LogP) is 2.51. The Morgan fingerprint density at radius 3 is 2.30 bits per heavy atom. The van der Waals surface area contributed by atoms with Gasteiger partial charge in [-0.05, 0) is 37.1 Å². The molecule has 1 aromatic carbocycles. The molecule has 1 fully saturated rings. The fourth-order valence-electron chi connectivity index (χ4n) is 2.56. The van der Waals surface area contributed by atoms with Crippen LogP contribution < -0.4 is 4.74 Å². The van der Waals surface area contributed by atoms with Gasteiger partial charge in [-0.25, -0.2) is 0 Å². The standard InChI is InChI=1S/C17H28N2O/c1-15(2)14-16-4-6-17(7-5-16)20-13-12-19-10-8-18(3)9-11-19/h4-7,15H,8-14H2,1-3H3. The molecule has 3 nitrogen and oxygen atoms in total. The van der Waals surface area contributed by atoms with E-state index in [-0.39, 0.29) is 0 Å². The molecule has 0 aromatic heterocycles. The van der Waals surface area contributed by atoms with E-state index in [1.54, 1.807) is 0 Å². The molecule has 1 aliphatic heterocycles. The topological polar surface area (TPSA) is 15.7 Å². The van der Waals surface area contributed by atoms with Crippen molar-refractivity contribution in [2.24, 2.45) is 5.92 Å². The molecule has 0 N–H and O–H groups in total. The van der Waals surface area contributed by atoms with E-state index in [1.807, 2.05) is 0 Å². The summed E-state index contributed by atoms with van der Waals surface area (Å²) in [4.78, 5) is 4.86. The van der Waals surface area contributed by atoms with Crippen LogP contribution in [0, 0.1) is 5.92 Å². The Labute approximate surface area is 123 Å². The highest BCUT2D eigenvalue weighted by Gasteiger charge is 2.13. The number of hydrogen-bond acceptors (Lipinski definition) is 3. The summed E-state index contributed by atoms with van der Waals surface area (Å²) < 4.78 is 5.84. The molecule has 2 rings (SSSR count). The zero-order valence-electron chi connectivity index (χ0n) is 13.1. The Morgan fingerprint density at radius 2 is 1.70 bits per heavy atom. The highest BCUT2D eigenvalue weighted by molar-refractivity contribution is 5.27. The molecule has 1 aliphatic rings. The van der Waals surface area contributed by atoms with E-state index in [4.69, 9.17) is 4.74 Å². The minimum absolute atomic E-state index is 0.707. The fraction of sp³-hybridized carbons (Fsp3) is 0.647. The van der Waals surface area contributed by atoms with Crippen LogP contribution in [-0.4, -0.2) is 56.2 Å². The first-order chi connectivity index (χ1) is 9.63. The maximum Gasteiger partial charge on any atom is 0.119 e. The van der Waals surface area contributed by atoms with E-state index in [0.717, 1.165) is 38.4 Å². The second-order valence-corrected chi connectivity index (χ2v) is 6.24. The normalized spacial score (nSPS) is 17.6. The van der Waals surface area contributed by atoms with Crippen molar-refractivity contribution in [3.8, 4) is 5.75 Å². The minimum Gasteiger partial charge on any atom is -0.492 e. The van der Waals surface area contributed by atoms with Gasteiger partial charge in [-0.15, -0.1) is 0 Å². The Hall–Kier alpha value is -1.06. The zero-order valence-corrected chi connectivity index (χ0v) is 13.1. The van der Waals surface area contributed by atoms with Gasteiger partial charge >= 0.3 is 0 Å². The van der Waals surface area contributed by atoms with Crippen molar-refractivity contribution < 1.29 is 4.74 Å². The summed E-state index contributed by atoms with van der Waals surface area (Å²) in [6.45, 7) is 11.0. The van der Waals surface area contributed by atoms with Crippen molar-refractivity contribution in [2.75, 3.05) is 46.4 Å². The molecule has 1 aromatic rings. The van der Waals surface area contributed by atoms with Gasteiger partial charge in [0, 0.05) is 32.7 Å². The molecular formula is C17H28N2O. The summed E-state index contributed by atoms with van der Waals surface area (Å²) in [5, 5.41) is 0. The van der Waals surface area contributed by atoms with Crippen molar-refractivity contribution in [1.82, 2.24) is 9.80 Å². The lowest BCUT2D eigenvalue weighted by Crippen LogP contribution is -2.45. The highest BCUT2D eigenvalue weighted by atomic mass is 16.5. The summed E-state index contributed by atoms with van der Waals surface area (Å²) >= 11 is 0. The second-order valence-electron chi connectivity index (χ2n) is 6.24. The van der Waals surface area contributed by atoms with Crippen LogP contribution in [0.3, 0.4) is 0 Å². The average molecular weight is 276 g/mol. The number of benzene rings is 1. The molecule has 1 saturated heterocycles. The van der Waals surface area contributed by atoms with E-state index < -0.39 is 0 Å². The number of ether oxygens (including phenoxy) is 1. The number of rotatable bonds is 6. The summed E-state index contributed by atoms with van der Waals surface area (Å²) in [6.07, 6.45) is 1.14. The van der Waals surface area contributed by atoms with Crippen LogP contribution in [0.25, 0.3) is 0 Å². The van der Waals surface area contributed by atoms with Crippen LogP contribution in [-0.2, 0) is 6.42 Å². The van der Waals surface area contributed by atoms with Crippen LogP contribution >= 0.6 is 0 Å². The highest BCUT2D eigenvalue weighted by Crippen LogP contribution is 2.15. The molecule has 0 atom stereocenters. The molecule has 0 bridgehead atoms. The molecule has 3 heteroatoms. The van der Waals surface area contributed by atoms with E-state index in [9.17, 15) is 0 Å². The lowest BCUT2D eigenvalue weighted by atomic mass is 10.0. The van der Waals surface area contributed by atoms with Crippen LogP contribution in [0.5, 0.6) is 5.75 Å². The monoisotopic (exact) mass is 276 g/mol. The number of likely N-dealkylation sites (N-methyl/N-ethyl adjacent to an activating group) is 1. The third kappa shape index (κ3) is 5.14. The minimum atomic E-state index is 0.707. The molecule has 0 saturated carbocycles. The number of piperazine rings is 1. The fourth-order valence-corrected chi connectivity index (χ4v) is 2.56. The molecular weight excluding hydrogens is 248 g/mol. The molecule has 0 spiro atoms. The SMILES string of the molecule is CC(C)Cc1ccc(OCCN2CCN(C)CC2)cc1. The third-order valence-corrected chi connectivity index (χ3v) is 3.84. The Morgan fingerprint density at radius 1 is 1.05 bits per heavy atom. The molecule has 1 heterocycles. The van der Waals surface area contributed by atoms with E-state index >= 15 is 0 Å². The molecule has 0 radical (unpaired) electrons. The maximum atomic E-state index is 5.84. The van der Waals surface area contributed by atoms with Crippen LogP contribution in [0.4, 0.5) is 0 Å². The molecule has 112 valence electrons. The molecule has 20 heavy (non-hydrogen) atoms. The Bertz CT molecular complexity index is 380. The van der Waals surface area contributed by atoms with Crippen molar-refractivity contribution in [1.29, 1.82) is 0 Å². The predicted molar refractivity (Wildman–Crippen MR) is 84.4 cm³/mol. The quantitative estimate of drug-likeness (QED) is 0.794. The van der Waals surface area contributed by atoms with Crippen LogP contribution in [0.15, 0.2) is 24.3 Å². The molecule has 0 aliphatic carbocycles. The first-order valence-corrected chi connectivity index (χ1v) is 7.76. The maximum absolute atomic E-state index is 5.84. The summed E-state index contributed by atoms with van der Waals surface area (Å²) in [5.41, 5.74) is 1.39. The van der Waals surface area contributed by atoms with Crippen molar-refractivity contribution >= 4 is 0 Å². The lowest BCUT2D eigenvalue weighted by Gasteiger charge is -2.32. The Kier molecular flexibility index (Phi) is 5.86. The van der Waals surface area contributed by atoms with Gasteiger partial charge in [0.2, 0.25) is 0 Å². The molecule has 0 amide bonds. The number of nitrogens with zero attached hydrogens (tertiary/aromatic N) is 2. The summed E-state index contributed by atoms with van der Waals surface area (Å²) in [6, 6.07) is 8.57. The van der Waals surface area contributed by atoms with Gasteiger partial charge in [-0.3, -0.25) is 4.90 Å². The summed E-state index contributed by atoms with van der Waals surface area (Å²) in [7, 11) is 2.19. The first-order valence-electron chi connectivity index (χ1n) is 7.76. The Balaban J connectivity index is 1.69.